The van der Waals surface area contributed by atoms with Crippen molar-refractivity contribution in [3.8, 4) is 23.0 Å². The van der Waals surface area contributed by atoms with Gasteiger partial charge < -0.3 is 58.3 Å². The highest BCUT2D eigenvalue weighted by Gasteiger charge is 2.25. The first-order valence-corrected chi connectivity index (χ1v) is 23.8. The van der Waals surface area contributed by atoms with Crippen LogP contribution in [0.5, 0.6) is 23.0 Å². The SMILES string of the molecule is C=C(C)C(=O)OCC(O)COc1ccc(C(C)(C)c2ccc(OCC(O)COC(=O)C(=C)C)cc2)cc1.C=C(C)C(=O)OCC(O)COc1ccc(C(C)(C)c2ccc(OCC(O)COC(=O)C(=C)C)cc2)cc1. The second-order valence-corrected chi connectivity index (χ2v) is 18.7. The Kier molecular flexibility index (Phi) is 24.3. The van der Waals surface area contributed by atoms with E-state index in [1.807, 2.05) is 97.1 Å². The molecule has 0 aliphatic heterocycles. The van der Waals surface area contributed by atoms with Crippen LogP contribution in [0.4, 0.5) is 0 Å². The summed E-state index contributed by atoms with van der Waals surface area (Å²) in [6.07, 6.45) is -3.81. The van der Waals surface area contributed by atoms with E-state index in [9.17, 15) is 39.6 Å². The summed E-state index contributed by atoms with van der Waals surface area (Å²) in [6.45, 7) is 27.8. The first kappa shape index (κ1) is 61.1. The van der Waals surface area contributed by atoms with Crippen molar-refractivity contribution < 1.29 is 77.5 Å². The third-order valence-electron chi connectivity index (χ3n) is 11.1. The zero-order valence-electron chi connectivity index (χ0n) is 43.7. The molecule has 0 saturated heterocycles. The standard InChI is InChI=1S/2C29H36O8/c2*1-19(2)27(32)36-17-23(30)15-34-25-11-7-21(8-12-25)29(5,6)22-9-13-26(14-10-22)35-16-24(31)18-37-28(33)20(3)4/h2*7-14,23-24,30-31H,1,3,15-18H2,2,4-6H3. The molecule has 0 amide bonds. The Morgan fingerprint density at radius 3 is 0.662 bits per heavy atom. The van der Waals surface area contributed by atoms with Crippen LogP contribution in [-0.4, -0.2) is 122 Å². The van der Waals surface area contributed by atoms with E-state index in [1.54, 1.807) is 0 Å². The van der Waals surface area contributed by atoms with E-state index in [0.717, 1.165) is 22.3 Å². The highest BCUT2D eigenvalue weighted by Crippen LogP contribution is 2.35. The first-order chi connectivity index (χ1) is 34.8. The lowest BCUT2D eigenvalue weighted by Gasteiger charge is -2.26. The summed E-state index contributed by atoms with van der Waals surface area (Å²) in [7, 11) is 0. The molecule has 0 aliphatic rings. The second kappa shape index (κ2) is 29.5. The molecule has 4 rings (SSSR count). The second-order valence-electron chi connectivity index (χ2n) is 18.7. The van der Waals surface area contributed by atoms with Crippen LogP contribution >= 0.6 is 0 Å². The van der Waals surface area contributed by atoms with Crippen molar-refractivity contribution in [2.45, 2.75) is 90.6 Å². The summed E-state index contributed by atoms with van der Waals surface area (Å²) in [5, 5.41) is 39.8. The molecule has 0 bridgehead atoms. The smallest absolute Gasteiger partial charge is 0.333 e. The monoisotopic (exact) mass is 1020 g/mol. The van der Waals surface area contributed by atoms with E-state index in [4.69, 9.17) is 37.9 Å². The highest BCUT2D eigenvalue weighted by atomic mass is 16.6. The molecule has 0 radical (unpaired) electrons. The summed E-state index contributed by atoms with van der Waals surface area (Å²) in [4.78, 5) is 45.6. The molecule has 0 fully saturated rings. The fourth-order valence-corrected chi connectivity index (χ4v) is 6.35. The number of hydrogen-bond acceptors (Lipinski definition) is 16. The quantitative estimate of drug-likeness (QED) is 0.0246. The molecule has 16 nitrogen and oxygen atoms in total. The Morgan fingerprint density at radius 2 is 0.514 bits per heavy atom. The van der Waals surface area contributed by atoms with Crippen LogP contribution in [0.15, 0.2) is 146 Å². The number of esters is 4. The van der Waals surface area contributed by atoms with Gasteiger partial charge in [-0.05, 0) is 98.5 Å². The zero-order chi connectivity index (χ0) is 55.2. The maximum Gasteiger partial charge on any atom is 0.333 e. The van der Waals surface area contributed by atoms with Crippen molar-refractivity contribution in [1.82, 2.24) is 0 Å². The zero-order valence-corrected chi connectivity index (χ0v) is 43.7. The van der Waals surface area contributed by atoms with Gasteiger partial charge in [-0.1, -0.05) is 103 Å². The molecule has 4 unspecified atom stereocenters. The molecular weight excluding hydrogens is 953 g/mol. The van der Waals surface area contributed by atoms with E-state index in [1.165, 1.54) is 27.7 Å². The molecule has 0 spiro atoms. The van der Waals surface area contributed by atoms with E-state index in [-0.39, 0.29) is 86.0 Å². The van der Waals surface area contributed by atoms with E-state index >= 15 is 0 Å². The van der Waals surface area contributed by atoms with Gasteiger partial charge in [-0.15, -0.1) is 0 Å². The summed E-state index contributed by atoms with van der Waals surface area (Å²) < 4.78 is 42.1. The first-order valence-electron chi connectivity index (χ1n) is 23.8. The predicted octanol–water partition coefficient (Wildman–Crippen LogP) is 7.46. The summed E-state index contributed by atoms with van der Waals surface area (Å²) in [5.41, 5.74) is 4.67. The lowest BCUT2D eigenvalue weighted by molar-refractivity contribution is -0.143. The van der Waals surface area contributed by atoms with Gasteiger partial charge in [-0.3, -0.25) is 0 Å². The van der Waals surface area contributed by atoms with Gasteiger partial charge in [0.15, 0.2) is 0 Å². The van der Waals surface area contributed by atoms with Gasteiger partial charge in [0, 0.05) is 33.1 Å². The number of carbonyl (C=O) groups excluding carboxylic acids is 4. The maximum atomic E-state index is 11.4. The van der Waals surface area contributed by atoms with Crippen molar-refractivity contribution in [2.24, 2.45) is 0 Å². The largest absolute Gasteiger partial charge is 0.491 e. The van der Waals surface area contributed by atoms with Gasteiger partial charge in [0.1, 0.15) is 100 Å². The van der Waals surface area contributed by atoms with Gasteiger partial charge in [-0.2, -0.15) is 0 Å². The lowest BCUT2D eigenvalue weighted by Crippen LogP contribution is -2.25. The van der Waals surface area contributed by atoms with Gasteiger partial charge >= 0.3 is 23.9 Å². The third-order valence-corrected chi connectivity index (χ3v) is 11.1. The Labute approximate surface area is 434 Å². The Balaban J connectivity index is 0.000000390. The number of aliphatic hydroxyl groups excluding tert-OH is 4. The maximum absolute atomic E-state index is 11.4. The normalized spacial score (nSPS) is 12.7. The van der Waals surface area contributed by atoms with Crippen LogP contribution in [-0.2, 0) is 49.0 Å². The molecule has 0 aromatic heterocycles. The molecule has 0 heterocycles. The fourth-order valence-electron chi connectivity index (χ4n) is 6.35. The van der Waals surface area contributed by atoms with Crippen molar-refractivity contribution in [2.75, 3.05) is 52.9 Å². The Bertz CT molecular complexity index is 2140. The van der Waals surface area contributed by atoms with Gasteiger partial charge in [0.25, 0.3) is 0 Å². The number of benzene rings is 4. The van der Waals surface area contributed by atoms with E-state index in [0.29, 0.717) is 23.0 Å². The number of ether oxygens (including phenoxy) is 8. The molecule has 0 aliphatic carbocycles. The van der Waals surface area contributed by atoms with Gasteiger partial charge in [-0.25, -0.2) is 19.2 Å². The van der Waals surface area contributed by atoms with Crippen molar-refractivity contribution in [1.29, 1.82) is 0 Å². The van der Waals surface area contributed by atoms with Crippen molar-refractivity contribution in [3.05, 3.63) is 168 Å². The number of hydrogen-bond donors (Lipinski definition) is 4. The van der Waals surface area contributed by atoms with Crippen LogP contribution in [0.1, 0.15) is 77.6 Å². The van der Waals surface area contributed by atoms with Gasteiger partial charge in [0.05, 0.1) is 0 Å². The molecule has 74 heavy (non-hydrogen) atoms. The minimum Gasteiger partial charge on any atom is -0.491 e. The van der Waals surface area contributed by atoms with Crippen LogP contribution < -0.4 is 18.9 Å². The highest BCUT2D eigenvalue weighted by molar-refractivity contribution is 5.88. The Hall–Kier alpha value is -7.24. The van der Waals surface area contributed by atoms with Crippen molar-refractivity contribution in [3.63, 3.8) is 0 Å². The van der Waals surface area contributed by atoms with Crippen LogP contribution in [0.2, 0.25) is 0 Å². The minimum absolute atomic E-state index is 0.0152. The number of carbonyl (C=O) groups is 4. The van der Waals surface area contributed by atoms with Gasteiger partial charge in [0.2, 0.25) is 0 Å². The third kappa shape index (κ3) is 20.7. The predicted molar refractivity (Wildman–Crippen MR) is 279 cm³/mol. The minimum atomic E-state index is -0.951. The van der Waals surface area contributed by atoms with Crippen LogP contribution in [0.3, 0.4) is 0 Å². The lowest BCUT2D eigenvalue weighted by atomic mass is 9.78. The molecule has 0 saturated carbocycles. The molecule has 400 valence electrons. The number of aliphatic hydroxyl groups is 4. The molecule has 4 atom stereocenters. The molecule has 4 N–H and O–H groups in total. The van der Waals surface area contributed by atoms with Crippen LogP contribution in [0.25, 0.3) is 0 Å². The summed E-state index contributed by atoms with van der Waals surface area (Å²) in [6, 6.07) is 30.2. The van der Waals surface area contributed by atoms with E-state index < -0.39 is 48.3 Å². The fraction of sp³-hybridized carbons (Fsp3) is 0.379. The average Bonchev–Trinajstić information content (AvgIpc) is 3.38. The molecular formula is C58H72O16. The Morgan fingerprint density at radius 1 is 0.351 bits per heavy atom. The summed E-state index contributed by atoms with van der Waals surface area (Å²) in [5.74, 6) is 0.131. The van der Waals surface area contributed by atoms with Crippen LogP contribution in [0, 0.1) is 0 Å². The number of rotatable bonds is 28. The molecule has 16 heteroatoms. The van der Waals surface area contributed by atoms with E-state index in [2.05, 4.69) is 54.0 Å². The molecule has 4 aromatic rings. The summed E-state index contributed by atoms with van der Waals surface area (Å²) >= 11 is 0. The van der Waals surface area contributed by atoms with Crippen molar-refractivity contribution >= 4 is 23.9 Å². The molecule has 4 aromatic carbocycles. The average molecular weight is 1030 g/mol. The topological polar surface area (TPSA) is 223 Å².